The van der Waals surface area contributed by atoms with Crippen LogP contribution in [0.1, 0.15) is 25.1 Å². The maximum absolute atomic E-state index is 13.4. The van der Waals surface area contributed by atoms with Crippen LogP contribution in [0.3, 0.4) is 0 Å². The first kappa shape index (κ1) is 24.8. The summed E-state index contributed by atoms with van der Waals surface area (Å²) in [5.41, 5.74) is 11.0. The van der Waals surface area contributed by atoms with Crippen molar-refractivity contribution in [2.75, 3.05) is 25.9 Å². The first-order chi connectivity index (χ1) is 17.8. The van der Waals surface area contributed by atoms with Gasteiger partial charge in [-0.05, 0) is 37.1 Å². The Labute approximate surface area is 214 Å². The number of nitrogens with zero attached hydrogens (tertiary/aromatic N) is 6. The lowest BCUT2D eigenvalue weighted by atomic mass is 10.0. The van der Waals surface area contributed by atoms with Crippen LogP contribution in [0, 0.1) is 0 Å². The monoisotopic (exact) mass is 519 g/mol. The van der Waals surface area contributed by atoms with Crippen LogP contribution >= 0.6 is 0 Å². The molecule has 0 spiro atoms. The lowest BCUT2D eigenvalue weighted by Crippen LogP contribution is -2.32. The van der Waals surface area contributed by atoms with E-state index < -0.39 is 10.0 Å². The average molecular weight is 520 g/mol. The SMILES string of the molecule is CCS(=O)(=O)N1CCC(n2c(=O)n(C)c3cnc4ccc(-c5ccc(C(C=NC)=CN)nc5)cc4c32)C1. The topological polar surface area (TPSA) is 128 Å². The second kappa shape index (κ2) is 9.56. The molecular weight excluding hydrogens is 490 g/mol. The van der Waals surface area contributed by atoms with Crippen LogP contribution in [0.15, 0.2) is 58.7 Å². The second-order valence-electron chi connectivity index (χ2n) is 9.08. The fraction of sp³-hybridized carbons (Fsp3) is 0.308. The molecule has 1 aliphatic rings. The summed E-state index contributed by atoms with van der Waals surface area (Å²) in [5, 5.41) is 0.828. The van der Waals surface area contributed by atoms with Crippen LogP contribution in [-0.4, -0.2) is 63.9 Å². The van der Waals surface area contributed by atoms with E-state index in [-0.39, 0.29) is 24.0 Å². The summed E-state index contributed by atoms with van der Waals surface area (Å²) in [5.74, 6) is 0.0427. The minimum atomic E-state index is -3.33. The molecule has 192 valence electrons. The normalized spacial score (nSPS) is 17.5. The number of pyridine rings is 2. The fourth-order valence-electron chi connectivity index (χ4n) is 4.97. The van der Waals surface area contributed by atoms with Crippen molar-refractivity contribution >= 4 is 43.7 Å². The number of hydrogen-bond donors (Lipinski definition) is 1. The number of nitrogens with two attached hydrogens (primary N) is 1. The molecular formula is C26H29N7O3S. The van der Waals surface area contributed by atoms with Crippen LogP contribution < -0.4 is 11.4 Å². The largest absolute Gasteiger partial charge is 0.404 e. The van der Waals surface area contributed by atoms with E-state index in [1.807, 2.05) is 30.3 Å². The highest BCUT2D eigenvalue weighted by atomic mass is 32.2. The Kier molecular flexibility index (Phi) is 6.42. The van der Waals surface area contributed by atoms with Gasteiger partial charge in [-0.2, -0.15) is 4.31 Å². The number of imidazole rings is 1. The van der Waals surface area contributed by atoms with E-state index in [1.165, 1.54) is 10.5 Å². The molecule has 4 aromatic rings. The third kappa shape index (κ3) is 4.23. The van der Waals surface area contributed by atoms with Crippen LogP contribution in [0.2, 0.25) is 0 Å². The second-order valence-corrected chi connectivity index (χ2v) is 11.3. The number of fused-ring (bicyclic) bond motifs is 3. The molecule has 4 heterocycles. The van der Waals surface area contributed by atoms with E-state index in [1.54, 1.807) is 48.8 Å². The molecule has 2 N–H and O–H groups in total. The van der Waals surface area contributed by atoms with Gasteiger partial charge in [0, 0.05) is 62.3 Å². The highest BCUT2D eigenvalue weighted by Gasteiger charge is 2.33. The Bertz CT molecular complexity index is 1720. The van der Waals surface area contributed by atoms with Crippen molar-refractivity contribution in [3.05, 3.63) is 65.1 Å². The predicted octanol–water partition coefficient (Wildman–Crippen LogP) is 2.55. The molecule has 1 aliphatic heterocycles. The Morgan fingerprint density at radius 3 is 2.65 bits per heavy atom. The number of rotatable bonds is 6. The van der Waals surface area contributed by atoms with Gasteiger partial charge in [0.2, 0.25) is 10.0 Å². The lowest BCUT2D eigenvalue weighted by molar-refractivity contribution is 0.451. The van der Waals surface area contributed by atoms with Gasteiger partial charge in [-0.25, -0.2) is 13.2 Å². The van der Waals surface area contributed by atoms with Crippen molar-refractivity contribution in [1.29, 1.82) is 0 Å². The lowest BCUT2D eigenvalue weighted by Gasteiger charge is -2.16. The number of benzene rings is 1. The van der Waals surface area contributed by atoms with Crippen LogP contribution in [0.5, 0.6) is 0 Å². The van der Waals surface area contributed by atoms with Gasteiger partial charge in [0.1, 0.15) is 0 Å². The van der Waals surface area contributed by atoms with E-state index in [0.29, 0.717) is 24.2 Å². The van der Waals surface area contributed by atoms with Gasteiger partial charge in [-0.1, -0.05) is 12.1 Å². The zero-order valence-electron chi connectivity index (χ0n) is 21.0. The molecule has 1 atom stereocenters. The van der Waals surface area contributed by atoms with E-state index in [4.69, 9.17) is 5.73 Å². The molecule has 0 saturated carbocycles. The van der Waals surface area contributed by atoms with Gasteiger partial charge >= 0.3 is 5.69 Å². The van der Waals surface area contributed by atoms with E-state index >= 15 is 0 Å². The Morgan fingerprint density at radius 2 is 1.97 bits per heavy atom. The minimum absolute atomic E-state index is 0.0427. The number of aryl methyl sites for hydroxylation is 1. The Morgan fingerprint density at radius 1 is 1.19 bits per heavy atom. The van der Waals surface area contributed by atoms with Crippen molar-refractivity contribution in [3.63, 3.8) is 0 Å². The van der Waals surface area contributed by atoms with E-state index in [2.05, 4.69) is 15.0 Å². The molecule has 1 saturated heterocycles. The predicted molar refractivity (Wildman–Crippen MR) is 147 cm³/mol. The molecule has 11 heteroatoms. The van der Waals surface area contributed by atoms with Crippen LogP contribution in [0.25, 0.3) is 38.6 Å². The molecule has 10 nitrogen and oxygen atoms in total. The molecule has 3 aromatic heterocycles. The molecule has 37 heavy (non-hydrogen) atoms. The summed E-state index contributed by atoms with van der Waals surface area (Å²) in [6, 6.07) is 9.51. The third-order valence-corrected chi connectivity index (χ3v) is 8.85. The Balaban J connectivity index is 1.63. The molecule has 5 rings (SSSR count). The summed E-state index contributed by atoms with van der Waals surface area (Å²) in [6.07, 6.45) is 7.19. The third-order valence-electron chi connectivity index (χ3n) is 7.01. The molecule has 0 aliphatic carbocycles. The van der Waals surface area contributed by atoms with Gasteiger partial charge < -0.3 is 5.73 Å². The van der Waals surface area contributed by atoms with Gasteiger partial charge in [-0.3, -0.25) is 24.1 Å². The zero-order valence-corrected chi connectivity index (χ0v) is 21.8. The summed E-state index contributed by atoms with van der Waals surface area (Å²) >= 11 is 0. The highest BCUT2D eigenvalue weighted by molar-refractivity contribution is 7.89. The number of aromatic nitrogens is 4. The summed E-state index contributed by atoms with van der Waals surface area (Å²) in [7, 11) is 0.0714. The molecule has 1 aromatic carbocycles. The summed E-state index contributed by atoms with van der Waals surface area (Å²) in [4.78, 5) is 26.5. The fourth-order valence-corrected chi connectivity index (χ4v) is 6.12. The minimum Gasteiger partial charge on any atom is -0.404 e. The standard InChI is InChI=1S/C26H29N7O3S/c1-4-37(35,36)32-10-9-20(16-32)33-25-21-11-17(5-8-23(21)30-15-24(25)31(3)26(33)34)18-6-7-22(29-14-18)19(12-27)13-28-2/h5-8,11-15,20H,4,9-10,16,27H2,1-3H3. The quantitative estimate of drug-likeness (QED) is 0.390. The van der Waals surface area contributed by atoms with Gasteiger partial charge in [0.25, 0.3) is 0 Å². The molecule has 1 unspecified atom stereocenters. The maximum atomic E-state index is 13.4. The first-order valence-corrected chi connectivity index (χ1v) is 13.7. The highest BCUT2D eigenvalue weighted by Crippen LogP contribution is 2.32. The van der Waals surface area contributed by atoms with Crippen molar-refractivity contribution in [1.82, 2.24) is 23.4 Å². The van der Waals surface area contributed by atoms with Crippen molar-refractivity contribution in [2.24, 2.45) is 17.8 Å². The zero-order chi connectivity index (χ0) is 26.3. The Hall–Kier alpha value is -3.83. The maximum Gasteiger partial charge on any atom is 0.329 e. The summed E-state index contributed by atoms with van der Waals surface area (Å²) < 4.78 is 29.7. The molecule has 1 fully saturated rings. The number of allylic oxidation sites excluding steroid dienone is 1. The van der Waals surface area contributed by atoms with Gasteiger partial charge in [-0.15, -0.1) is 0 Å². The molecule has 0 bridgehead atoms. The first-order valence-electron chi connectivity index (χ1n) is 12.1. The smallest absolute Gasteiger partial charge is 0.329 e. The molecule has 0 radical (unpaired) electrons. The van der Waals surface area contributed by atoms with Crippen LogP contribution in [0.4, 0.5) is 0 Å². The number of sulfonamides is 1. The van der Waals surface area contributed by atoms with Gasteiger partial charge in [0.05, 0.1) is 40.2 Å². The summed E-state index contributed by atoms with van der Waals surface area (Å²) in [6.45, 7) is 2.32. The van der Waals surface area contributed by atoms with E-state index in [0.717, 1.165) is 33.1 Å². The van der Waals surface area contributed by atoms with Gasteiger partial charge in [0.15, 0.2) is 0 Å². The number of aliphatic imine (C=N–C) groups is 1. The number of hydrogen-bond acceptors (Lipinski definition) is 7. The molecule has 0 amide bonds. The van der Waals surface area contributed by atoms with Crippen molar-refractivity contribution < 1.29 is 8.42 Å². The average Bonchev–Trinajstić information content (AvgIpc) is 3.51. The van der Waals surface area contributed by atoms with Crippen molar-refractivity contribution in [2.45, 2.75) is 19.4 Å². The van der Waals surface area contributed by atoms with E-state index in [9.17, 15) is 13.2 Å². The van der Waals surface area contributed by atoms with Crippen molar-refractivity contribution in [3.8, 4) is 11.1 Å². The van der Waals surface area contributed by atoms with Crippen LogP contribution in [-0.2, 0) is 17.1 Å².